The second-order valence-electron chi connectivity index (χ2n) is 10.1. The monoisotopic (exact) mass is 450 g/mol. The Morgan fingerprint density at radius 2 is 0.613 bits per heavy atom. The van der Waals surface area contributed by atoms with E-state index in [1.54, 1.807) is 0 Å². The Kier molecular flexibility index (Phi) is 29.6. The number of rotatable bonds is 20. The first-order chi connectivity index (χ1) is 14.2. The zero-order valence-corrected chi connectivity index (χ0v) is 24.1. The molecular weight excluding hydrogens is 393 g/mol. The van der Waals surface area contributed by atoms with Crippen LogP contribution in [0.15, 0.2) is 0 Å². The molecule has 0 bridgehead atoms. The van der Waals surface area contributed by atoms with Crippen LogP contribution >= 0.6 is 0 Å². The molecule has 31 heavy (non-hydrogen) atoms. The van der Waals surface area contributed by atoms with E-state index in [9.17, 15) is 10.2 Å². The summed E-state index contributed by atoms with van der Waals surface area (Å²) in [5.74, 6) is 0. The van der Waals surface area contributed by atoms with Crippen LogP contribution < -0.4 is 10.2 Å². The van der Waals surface area contributed by atoms with E-state index in [2.05, 4.69) is 27.7 Å². The van der Waals surface area contributed by atoms with E-state index in [1.165, 1.54) is 64.2 Å². The fraction of sp³-hybridized carbons (Fsp3) is 1.00. The quantitative estimate of drug-likeness (QED) is 0.141. The second-order valence-corrected chi connectivity index (χ2v) is 10.1. The van der Waals surface area contributed by atoms with Crippen LogP contribution in [-0.4, -0.2) is 34.3 Å². The predicted molar refractivity (Wildman–Crippen MR) is 138 cm³/mol. The molecule has 0 radical (unpaired) electrons. The molecule has 0 heterocycles. The summed E-state index contributed by atoms with van der Waals surface area (Å²) in [4.78, 5) is 0. The molecule has 0 fully saturated rings. The Labute approximate surface area is 213 Å². The largest absolute Gasteiger partial charge is 2.00 e. The Bertz CT molecular complexity index is 297. The molecule has 0 rings (SSSR count). The summed E-state index contributed by atoms with van der Waals surface area (Å²) in [7, 11) is 0. The van der Waals surface area contributed by atoms with E-state index in [4.69, 9.17) is 0 Å². The third-order valence-corrected chi connectivity index (χ3v) is 6.24. The van der Waals surface area contributed by atoms with Gasteiger partial charge in [-0.3, -0.25) is 0 Å². The number of hydrogen-bond donors (Lipinski definition) is 0. The molecule has 0 aromatic carbocycles. The summed E-state index contributed by atoms with van der Waals surface area (Å²) < 4.78 is 0. The van der Waals surface area contributed by atoms with Gasteiger partial charge in [-0.1, -0.05) is 170 Å². The Balaban J connectivity index is -0.000000490. The van der Waals surface area contributed by atoms with Gasteiger partial charge in [0.2, 0.25) is 0 Å². The summed E-state index contributed by atoms with van der Waals surface area (Å²) >= 11 is 0. The van der Waals surface area contributed by atoms with Gasteiger partial charge in [-0.25, -0.2) is 0 Å². The van der Waals surface area contributed by atoms with Crippen molar-refractivity contribution in [3.63, 3.8) is 0 Å². The summed E-state index contributed by atoms with van der Waals surface area (Å²) in [6.45, 7) is 12.5. The zero-order chi connectivity index (χ0) is 23.1. The summed E-state index contributed by atoms with van der Waals surface area (Å²) in [5.41, 5.74) is -1.30. The van der Waals surface area contributed by atoms with Crippen LogP contribution in [-0.2, 0) is 0 Å². The first-order valence-electron chi connectivity index (χ1n) is 13.7. The van der Waals surface area contributed by atoms with E-state index >= 15 is 0 Å². The van der Waals surface area contributed by atoms with Crippen LogP contribution in [0.25, 0.3) is 0 Å². The van der Waals surface area contributed by atoms with E-state index < -0.39 is 11.2 Å². The van der Waals surface area contributed by atoms with Crippen molar-refractivity contribution in [2.24, 2.45) is 0 Å². The molecule has 3 heteroatoms. The average molecular weight is 451 g/mol. The maximum atomic E-state index is 12.0. The van der Waals surface area contributed by atoms with Crippen molar-refractivity contribution in [1.29, 1.82) is 0 Å². The van der Waals surface area contributed by atoms with Gasteiger partial charge in [0, 0.05) is 0 Å². The van der Waals surface area contributed by atoms with Crippen LogP contribution in [0.4, 0.5) is 0 Å². The standard InChI is InChI=1S/2C14H29O.Mg/c2*1-4-6-8-9-10-11-13-14(3,15)12-7-5-2;/h2*4-13H2,1-3H3;/q2*-1;+2. The Hall–Kier alpha value is 0.686. The SMILES string of the molecule is CCCCCCCCC(C)([O-])CCCC.CCCCCCCCC(C)([O-])CCCC.[Mg+2]. The van der Waals surface area contributed by atoms with Crippen molar-refractivity contribution in [2.45, 2.75) is 181 Å². The fourth-order valence-corrected chi connectivity index (χ4v) is 3.91. The molecule has 0 aliphatic carbocycles. The smallest absolute Gasteiger partial charge is 0.850 e. The van der Waals surface area contributed by atoms with E-state index in [1.807, 2.05) is 13.8 Å². The van der Waals surface area contributed by atoms with E-state index in [0.29, 0.717) is 0 Å². The van der Waals surface area contributed by atoms with Crippen LogP contribution in [0.1, 0.15) is 170 Å². The van der Waals surface area contributed by atoms with E-state index in [0.717, 1.165) is 64.2 Å². The zero-order valence-electron chi connectivity index (χ0n) is 22.7. The van der Waals surface area contributed by atoms with Crippen LogP contribution in [0, 0.1) is 0 Å². The third-order valence-electron chi connectivity index (χ3n) is 6.24. The van der Waals surface area contributed by atoms with Gasteiger partial charge in [0.05, 0.1) is 0 Å². The van der Waals surface area contributed by atoms with Gasteiger partial charge in [0.1, 0.15) is 0 Å². The predicted octanol–water partition coefficient (Wildman–Crippen LogP) is 7.71. The third kappa shape index (κ3) is 30.7. The summed E-state index contributed by atoms with van der Waals surface area (Å²) in [5, 5.41) is 23.9. The van der Waals surface area contributed by atoms with Gasteiger partial charge in [0.15, 0.2) is 0 Å². The van der Waals surface area contributed by atoms with Gasteiger partial charge in [-0.15, -0.1) is 11.2 Å². The molecule has 0 aliphatic heterocycles. The molecular formula is C28H58MgO2. The van der Waals surface area contributed by atoms with E-state index in [-0.39, 0.29) is 23.1 Å². The molecule has 0 N–H and O–H groups in total. The van der Waals surface area contributed by atoms with Crippen molar-refractivity contribution in [3.8, 4) is 0 Å². The molecule has 2 unspecified atom stereocenters. The van der Waals surface area contributed by atoms with Crippen molar-refractivity contribution in [3.05, 3.63) is 0 Å². The number of unbranched alkanes of at least 4 members (excludes halogenated alkanes) is 12. The number of hydrogen-bond acceptors (Lipinski definition) is 2. The van der Waals surface area contributed by atoms with Crippen LogP contribution in [0.5, 0.6) is 0 Å². The van der Waals surface area contributed by atoms with Crippen molar-refractivity contribution in [1.82, 2.24) is 0 Å². The summed E-state index contributed by atoms with van der Waals surface area (Å²) in [6.07, 6.45) is 23.4. The molecule has 0 aliphatic rings. The average Bonchev–Trinajstić information content (AvgIpc) is 2.70. The fourth-order valence-electron chi connectivity index (χ4n) is 3.91. The normalized spacial score (nSPS) is 14.7. The molecule has 0 spiro atoms. The first-order valence-corrected chi connectivity index (χ1v) is 13.7. The van der Waals surface area contributed by atoms with Crippen LogP contribution in [0.2, 0.25) is 0 Å². The van der Waals surface area contributed by atoms with Gasteiger partial charge < -0.3 is 10.2 Å². The minimum atomic E-state index is -0.652. The minimum absolute atomic E-state index is 0. The maximum absolute atomic E-state index is 12.0. The molecule has 2 atom stereocenters. The van der Waals surface area contributed by atoms with Gasteiger partial charge in [0.25, 0.3) is 0 Å². The Morgan fingerprint density at radius 1 is 0.387 bits per heavy atom. The molecule has 0 saturated carbocycles. The Morgan fingerprint density at radius 3 is 0.903 bits per heavy atom. The molecule has 2 nitrogen and oxygen atoms in total. The minimum Gasteiger partial charge on any atom is -0.850 e. The van der Waals surface area contributed by atoms with Gasteiger partial charge in [-0.2, -0.15) is 0 Å². The van der Waals surface area contributed by atoms with Crippen LogP contribution in [0.3, 0.4) is 0 Å². The van der Waals surface area contributed by atoms with Gasteiger partial charge >= 0.3 is 23.1 Å². The molecule has 0 saturated heterocycles. The topological polar surface area (TPSA) is 46.1 Å². The molecule has 184 valence electrons. The van der Waals surface area contributed by atoms with Crippen molar-refractivity contribution in [2.75, 3.05) is 0 Å². The maximum Gasteiger partial charge on any atom is 2.00 e. The molecule has 0 aromatic rings. The molecule has 0 aromatic heterocycles. The second kappa shape index (κ2) is 25.3. The first kappa shape index (κ1) is 36.3. The van der Waals surface area contributed by atoms with Crippen molar-refractivity contribution >= 4 is 23.1 Å². The molecule has 0 amide bonds. The van der Waals surface area contributed by atoms with Crippen molar-refractivity contribution < 1.29 is 10.2 Å². The summed E-state index contributed by atoms with van der Waals surface area (Å²) in [6, 6.07) is 0. The van der Waals surface area contributed by atoms with Gasteiger partial charge in [-0.05, 0) is 0 Å².